The summed E-state index contributed by atoms with van der Waals surface area (Å²) in [5.41, 5.74) is 4.13. The van der Waals surface area contributed by atoms with Crippen molar-refractivity contribution in [3.05, 3.63) is 71.8 Å². The largest absolute Gasteiger partial charge is 0.289 e. The molecule has 1 aliphatic rings. The predicted octanol–water partition coefficient (Wildman–Crippen LogP) is 4.99. The van der Waals surface area contributed by atoms with E-state index in [4.69, 9.17) is 4.99 Å². The topological polar surface area (TPSA) is 12.4 Å². The van der Waals surface area contributed by atoms with Crippen molar-refractivity contribution in [1.29, 1.82) is 0 Å². The van der Waals surface area contributed by atoms with Gasteiger partial charge in [0.2, 0.25) is 0 Å². The summed E-state index contributed by atoms with van der Waals surface area (Å²) in [6.07, 6.45) is 5.02. The van der Waals surface area contributed by atoms with Crippen LogP contribution in [0.5, 0.6) is 0 Å². The molecule has 0 bridgehead atoms. The minimum atomic E-state index is 0.536. The summed E-state index contributed by atoms with van der Waals surface area (Å²) in [6, 6.07) is 21.4. The molecule has 102 valence electrons. The Morgan fingerprint density at radius 1 is 0.850 bits per heavy atom. The lowest BCUT2D eigenvalue weighted by Crippen LogP contribution is -2.17. The van der Waals surface area contributed by atoms with Crippen molar-refractivity contribution < 1.29 is 0 Å². The van der Waals surface area contributed by atoms with Crippen LogP contribution in [0.1, 0.15) is 42.7 Å². The maximum atomic E-state index is 4.93. The number of benzene rings is 2. The van der Waals surface area contributed by atoms with E-state index in [0.29, 0.717) is 5.92 Å². The van der Waals surface area contributed by atoms with Gasteiger partial charge >= 0.3 is 0 Å². The zero-order valence-corrected chi connectivity index (χ0v) is 11.8. The fraction of sp³-hybridized carbons (Fsp3) is 0.316. The van der Waals surface area contributed by atoms with Crippen LogP contribution in [0.25, 0.3) is 0 Å². The van der Waals surface area contributed by atoms with Crippen LogP contribution in [0.2, 0.25) is 0 Å². The summed E-state index contributed by atoms with van der Waals surface area (Å²) in [5.74, 6) is 0.536. The second kappa shape index (κ2) is 6.51. The van der Waals surface area contributed by atoms with Crippen LogP contribution in [0.3, 0.4) is 0 Å². The van der Waals surface area contributed by atoms with Crippen LogP contribution in [-0.4, -0.2) is 5.71 Å². The third-order valence-corrected chi connectivity index (χ3v) is 4.09. The molecular weight excluding hydrogens is 242 g/mol. The molecule has 0 spiro atoms. The van der Waals surface area contributed by atoms with E-state index in [0.717, 1.165) is 13.0 Å². The molecule has 3 rings (SSSR count). The Labute approximate surface area is 121 Å². The molecule has 1 atom stereocenters. The van der Waals surface area contributed by atoms with E-state index in [1.165, 1.54) is 36.1 Å². The Kier molecular flexibility index (Phi) is 4.27. The van der Waals surface area contributed by atoms with Gasteiger partial charge in [-0.15, -0.1) is 0 Å². The van der Waals surface area contributed by atoms with Crippen LogP contribution in [0, 0.1) is 0 Å². The number of hydrogen-bond acceptors (Lipinski definition) is 1. The SMILES string of the molecule is c1ccc(CN=C2CCCC[C@H]2c2ccccc2)cc1. The van der Waals surface area contributed by atoms with E-state index in [9.17, 15) is 0 Å². The molecule has 2 aromatic carbocycles. The highest BCUT2D eigenvalue weighted by Crippen LogP contribution is 2.31. The van der Waals surface area contributed by atoms with Crippen molar-refractivity contribution in [1.82, 2.24) is 0 Å². The summed E-state index contributed by atoms with van der Waals surface area (Å²) in [5, 5.41) is 0. The lowest BCUT2D eigenvalue weighted by atomic mass is 9.82. The van der Waals surface area contributed by atoms with Gasteiger partial charge in [0.25, 0.3) is 0 Å². The summed E-state index contributed by atoms with van der Waals surface area (Å²) >= 11 is 0. The first kappa shape index (κ1) is 13.1. The molecule has 1 nitrogen and oxygen atoms in total. The highest BCUT2D eigenvalue weighted by Gasteiger charge is 2.21. The molecule has 0 aromatic heterocycles. The Bertz CT molecular complexity index is 557. The van der Waals surface area contributed by atoms with Crippen LogP contribution < -0.4 is 0 Å². The second-order valence-corrected chi connectivity index (χ2v) is 5.50. The molecule has 1 aliphatic carbocycles. The van der Waals surface area contributed by atoms with E-state index < -0.39 is 0 Å². The quantitative estimate of drug-likeness (QED) is 0.740. The molecule has 0 unspecified atom stereocenters. The van der Waals surface area contributed by atoms with E-state index in [1.54, 1.807) is 0 Å². The fourth-order valence-electron chi connectivity index (χ4n) is 3.01. The highest BCUT2D eigenvalue weighted by atomic mass is 14.7. The highest BCUT2D eigenvalue weighted by molar-refractivity contribution is 5.91. The molecule has 0 N–H and O–H groups in total. The van der Waals surface area contributed by atoms with E-state index >= 15 is 0 Å². The Morgan fingerprint density at radius 3 is 2.30 bits per heavy atom. The van der Waals surface area contributed by atoms with Crippen LogP contribution in [0.4, 0.5) is 0 Å². The standard InChI is InChI=1S/C19H21N/c1-3-9-16(10-4-1)15-20-19-14-8-7-13-18(19)17-11-5-2-6-12-17/h1-6,9-12,18H,7-8,13-15H2/t18-/m0/s1. The maximum Gasteiger partial charge on any atom is 0.0639 e. The summed E-state index contributed by atoms with van der Waals surface area (Å²) < 4.78 is 0. The van der Waals surface area contributed by atoms with Crippen molar-refractivity contribution >= 4 is 5.71 Å². The van der Waals surface area contributed by atoms with E-state index in [1.807, 2.05) is 0 Å². The normalized spacial score (nSPS) is 21.0. The number of hydrogen-bond donors (Lipinski definition) is 0. The van der Waals surface area contributed by atoms with Gasteiger partial charge in [0.1, 0.15) is 0 Å². The molecule has 1 fully saturated rings. The van der Waals surface area contributed by atoms with Crippen LogP contribution in [0.15, 0.2) is 65.7 Å². The lowest BCUT2D eigenvalue weighted by Gasteiger charge is -2.24. The molecule has 0 amide bonds. The predicted molar refractivity (Wildman–Crippen MR) is 85.2 cm³/mol. The van der Waals surface area contributed by atoms with Gasteiger partial charge in [-0.05, 0) is 30.4 Å². The third-order valence-electron chi connectivity index (χ3n) is 4.09. The Morgan fingerprint density at radius 2 is 1.55 bits per heavy atom. The first-order chi connectivity index (χ1) is 9.93. The third kappa shape index (κ3) is 3.16. The molecule has 0 radical (unpaired) electrons. The van der Waals surface area contributed by atoms with Crippen molar-refractivity contribution in [3.63, 3.8) is 0 Å². The number of nitrogens with zero attached hydrogens (tertiary/aromatic N) is 1. The van der Waals surface area contributed by atoms with Gasteiger partial charge in [0, 0.05) is 11.6 Å². The average molecular weight is 263 g/mol. The molecule has 20 heavy (non-hydrogen) atoms. The molecule has 1 heteroatoms. The van der Waals surface area contributed by atoms with Crippen molar-refractivity contribution in [2.45, 2.75) is 38.1 Å². The van der Waals surface area contributed by atoms with Crippen molar-refractivity contribution in [2.75, 3.05) is 0 Å². The zero-order valence-electron chi connectivity index (χ0n) is 11.8. The lowest BCUT2D eigenvalue weighted by molar-refractivity contribution is 0.609. The Balaban J connectivity index is 1.79. The van der Waals surface area contributed by atoms with E-state index in [-0.39, 0.29) is 0 Å². The van der Waals surface area contributed by atoms with Gasteiger partial charge in [-0.2, -0.15) is 0 Å². The minimum Gasteiger partial charge on any atom is -0.289 e. The van der Waals surface area contributed by atoms with Crippen LogP contribution in [-0.2, 0) is 6.54 Å². The molecule has 0 heterocycles. The van der Waals surface area contributed by atoms with Gasteiger partial charge in [-0.3, -0.25) is 4.99 Å². The Hall–Kier alpha value is -1.89. The van der Waals surface area contributed by atoms with Crippen LogP contribution >= 0.6 is 0 Å². The molecule has 1 saturated carbocycles. The fourth-order valence-corrected chi connectivity index (χ4v) is 3.01. The van der Waals surface area contributed by atoms with Gasteiger partial charge < -0.3 is 0 Å². The number of aliphatic imine (C=N–C) groups is 1. The minimum absolute atomic E-state index is 0.536. The molecule has 2 aromatic rings. The molecule has 0 aliphatic heterocycles. The van der Waals surface area contributed by atoms with Crippen molar-refractivity contribution in [3.8, 4) is 0 Å². The first-order valence-electron chi connectivity index (χ1n) is 7.55. The summed E-state index contributed by atoms with van der Waals surface area (Å²) in [6.45, 7) is 0.819. The molecular formula is C19H21N. The van der Waals surface area contributed by atoms with Gasteiger partial charge in [0.15, 0.2) is 0 Å². The van der Waals surface area contributed by atoms with Gasteiger partial charge in [0.05, 0.1) is 6.54 Å². The molecule has 0 saturated heterocycles. The summed E-state index contributed by atoms with van der Waals surface area (Å²) in [7, 11) is 0. The van der Waals surface area contributed by atoms with Crippen molar-refractivity contribution in [2.24, 2.45) is 4.99 Å². The first-order valence-corrected chi connectivity index (χ1v) is 7.55. The maximum absolute atomic E-state index is 4.93. The number of rotatable bonds is 3. The zero-order chi connectivity index (χ0) is 13.6. The van der Waals surface area contributed by atoms with Gasteiger partial charge in [-0.25, -0.2) is 0 Å². The second-order valence-electron chi connectivity index (χ2n) is 5.50. The van der Waals surface area contributed by atoms with Gasteiger partial charge in [-0.1, -0.05) is 67.1 Å². The summed E-state index contributed by atoms with van der Waals surface area (Å²) in [4.78, 5) is 4.93. The monoisotopic (exact) mass is 263 g/mol. The average Bonchev–Trinajstić information content (AvgIpc) is 2.55. The van der Waals surface area contributed by atoms with E-state index in [2.05, 4.69) is 60.7 Å². The smallest absolute Gasteiger partial charge is 0.0639 e.